The fraction of sp³-hybridized carbons (Fsp3) is 0.478. The van der Waals surface area contributed by atoms with Gasteiger partial charge in [0.05, 0.1) is 20.3 Å². The van der Waals surface area contributed by atoms with E-state index in [0.29, 0.717) is 6.61 Å². The number of methoxy groups -OCH3 is 2. The third kappa shape index (κ3) is 4.26. The first-order chi connectivity index (χ1) is 13.4. The Kier molecular flexibility index (Phi) is 6.47. The topological polar surface area (TPSA) is 43.0 Å². The number of hydrogen-bond donors (Lipinski definition) is 1. The molecule has 0 saturated carbocycles. The normalized spacial score (nSPS) is 16.0. The number of rotatable bonds is 7. The van der Waals surface area contributed by atoms with E-state index in [1.54, 1.807) is 14.2 Å². The molecule has 28 heavy (non-hydrogen) atoms. The molecule has 1 aliphatic heterocycles. The number of nitrogens with one attached hydrogen (secondary N) is 1. The smallest absolute Gasteiger partial charge is 0.161 e. The molecule has 0 bridgehead atoms. The van der Waals surface area contributed by atoms with Crippen molar-refractivity contribution in [2.75, 3.05) is 48.0 Å². The summed E-state index contributed by atoms with van der Waals surface area (Å²) in [5, 5.41) is 3.68. The maximum Gasteiger partial charge on any atom is 0.161 e. The average molecular weight is 385 g/mol. The predicted octanol–water partition coefficient (Wildman–Crippen LogP) is 3.50. The number of fused-ring (bicyclic) bond motifs is 1. The van der Waals surface area contributed by atoms with Gasteiger partial charge in [-0.15, -0.1) is 0 Å². The number of ether oxygens (including phenoxy) is 3. The van der Waals surface area contributed by atoms with Crippen molar-refractivity contribution in [1.29, 1.82) is 0 Å². The summed E-state index contributed by atoms with van der Waals surface area (Å²) in [6, 6.07) is 8.71. The molecule has 2 aromatic rings. The zero-order chi connectivity index (χ0) is 20.3. The third-order valence-electron chi connectivity index (χ3n) is 5.24. The first-order valence-corrected chi connectivity index (χ1v) is 9.81. The summed E-state index contributed by atoms with van der Waals surface area (Å²) in [5.74, 6) is 2.53. The van der Waals surface area contributed by atoms with Gasteiger partial charge < -0.3 is 24.4 Å². The molecule has 0 amide bonds. The molecule has 1 unspecified atom stereocenters. The van der Waals surface area contributed by atoms with Gasteiger partial charge in [0, 0.05) is 18.7 Å². The zero-order valence-corrected chi connectivity index (χ0v) is 17.9. The van der Waals surface area contributed by atoms with Crippen molar-refractivity contribution in [3.8, 4) is 17.2 Å². The first kappa shape index (κ1) is 20.5. The van der Waals surface area contributed by atoms with Crippen LogP contribution in [0.15, 0.2) is 24.3 Å². The second kappa shape index (κ2) is 8.84. The van der Waals surface area contributed by atoms with Crippen LogP contribution in [0, 0.1) is 13.8 Å². The lowest BCUT2D eigenvalue weighted by Crippen LogP contribution is -2.31. The minimum absolute atomic E-state index is 0.0689. The number of hydrogen-bond acceptors (Lipinski definition) is 5. The summed E-state index contributed by atoms with van der Waals surface area (Å²) in [4.78, 5) is 2.11. The van der Waals surface area contributed by atoms with Gasteiger partial charge >= 0.3 is 0 Å². The largest absolute Gasteiger partial charge is 0.496 e. The molecule has 0 spiro atoms. The second-order valence-electron chi connectivity index (χ2n) is 7.70. The van der Waals surface area contributed by atoms with E-state index in [0.717, 1.165) is 42.3 Å². The Labute approximate surface area is 168 Å². The summed E-state index contributed by atoms with van der Waals surface area (Å²) < 4.78 is 17.4. The van der Waals surface area contributed by atoms with Gasteiger partial charge in [-0.1, -0.05) is 17.7 Å². The highest BCUT2D eigenvalue weighted by molar-refractivity contribution is 5.55. The Hall–Kier alpha value is -2.24. The van der Waals surface area contributed by atoms with E-state index in [2.05, 4.69) is 48.3 Å². The van der Waals surface area contributed by atoms with Gasteiger partial charge in [-0.2, -0.15) is 0 Å². The molecule has 5 nitrogen and oxygen atoms in total. The van der Waals surface area contributed by atoms with Crippen LogP contribution in [0.25, 0.3) is 0 Å². The Morgan fingerprint density at radius 2 is 1.79 bits per heavy atom. The fourth-order valence-corrected chi connectivity index (χ4v) is 3.93. The van der Waals surface area contributed by atoms with E-state index in [4.69, 9.17) is 14.2 Å². The first-order valence-electron chi connectivity index (χ1n) is 9.81. The lowest BCUT2D eigenvalue weighted by Gasteiger charge is -2.30. The van der Waals surface area contributed by atoms with Crippen LogP contribution < -0.4 is 19.5 Å². The molecular weight excluding hydrogens is 352 g/mol. The van der Waals surface area contributed by atoms with Gasteiger partial charge in [-0.05, 0) is 63.2 Å². The van der Waals surface area contributed by atoms with Crippen LogP contribution in [0.4, 0.5) is 0 Å². The molecule has 0 radical (unpaired) electrons. The van der Waals surface area contributed by atoms with Crippen molar-refractivity contribution >= 4 is 0 Å². The summed E-state index contributed by atoms with van der Waals surface area (Å²) in [7, 11) is 7.53. The lowest BCUT2D eigenvalue weighted by molar-refractivity contribution is 0.250. The van der Waals surface area contributed by atoms with Crippen molar-refractivity contribution < 1.29 is 14.2 Å². The van der Waals surface area contributed by atoms with Gasteiger partial charge in [0.1, 0.15) is 12.4 Å². The van der Waals surface area contributed by atoms with E-state index in [9.17, 15) is 0 Å². The van der Waals surface area contributed by atoms with Gasteiger partial charge in [0.25, 0.3) is 0 Å². The van der Waals surface area contributed by atoms with E-state index < -0.39 is 0 Å². The van der Waals surface area contributed by atoms with E-state index in [1.807, 2.05) is 14.1 Å². The highest BCUT2D eigenvalue weighted by Gasteiger charge is 2.27. The predicted molar refractivity (Wildman–Crippen MR) is 113 cm³/mol. The minimum atomic E-state index is 0.0689. The average Bonchev–Trinajstić information content (AvgIpc) is 2.66. The van der Waals surface area contributed by atoms with E-state index in [1.165, 1.54) is 22.3 Å². The van der Waals surface area contributed by atoms with Gasteiger partial charge in [-0.25, -0.2) is 0 Å². The Morgan fingerprint density at radius 3 is 2.46 bits per heavy atom. The number of nitrogens with zero attached hydrogens (tertiary/aromatic N) is 1. The Bertz CT molecular complexity index is 833. The second-order valence-corrected chi connectivity index (χ2v) is 7.70. The monoisotopic (exact) mass is 384 g/mol. The molecule has 1 heterocycles. The highest BCUT2D eigenvalue weighted by atomic mass is 16.5. The summed E-state index contributed by atoms with van der Waals surface area (Å²) in [5.41, 5.74) is 6.09. The SMILES string of the molecule is COc1cc2c(cc1OCCN(C)C)C(c1cc(C)cc(C)c1OC)NCC2. The third-order valence-corrected chi connectivity index (χ3v) is 5.24. The zero-order valence-electron chi connectivity index (χ0n) is 17.9. The number of benzene rings is 2. The van der Waals surface area contributed by atoms with Crippen LogP contribution >= 0.6 is 0 Å². The van der Waals surface area contributed by atoms with Crippen molar-refractivity contribution in [1.82, 2.24) is 10.2 Å². The van der Waals surface area contributed by atoms with Crippen molar-refractivity contribution in [2.45, 2.75) is 26.3 Å². The standard InChI is InChI=1S/C23H32N2O3/c1-15-11-16(2)23(27-6)19(12-15)22-18-14-21(28-10-9-25(3)4)20(26-5)13-17(18)7-8-24-22/h11-14,22,24H,7-10H2,1-6H3. The molecule has 1 aliphatic rings. The fourth-order valence-electron chi connectivity index (χ4n) is 3.93. The lowest BCUT2D eigenvalue weighted by atomic mass is 9.87. The van der Waals surface area contributed by atoms with E-state index in [-0.39, 0.29) is 6.04 Å². The van der Waals surface area contributed by atoms with Gasteiger partial charge in [0.2, 0.25) is 0 Å². The van der Waals surface area contributed by atoms with Crippen molar-refractivity contribution in [2.24, 2.45) is 0 Å². The van der Waals surface area contributed by atoms with Gasteiger partial charge in [-0.3, -0.25) is 0 Å². The molecule has 2 aromatic carbocycles. The van der Waals surface area contributed by atoms with Crippen LogP contribution in [0.5, 0.6) is 17.2 Å². The maximum atomic E-state index is 6.07. The number of likely N-dealkylation sites (N-methyl/N-ethyl adjacent to an activating group) is 1. The van der Waals surface area contributed by atoms with Crippen LogP contribution in [-0.2, 0) is 6.42 Å². The quantitative estimate of drug-likeness (QED) is 0.792. The Balaban J connectivity index is 2.03. The van der Waals surface area contributed by atoms with Gasteiger partial charge in [0.15, 0.2) is 11.5 Å². The molecule has 0 fully saturated rings. The molecule has 152 valence electrons. The summed E-state index contributed by atoms with van der Waals surface area (Å²) in [6.07, 6.45) is 0.966. The molecule has 0 aliphatic carbocycles. The summed E-state index contributed by atoms with van der Waals surface area (Å²) in [6.45, 7) is 6.62. The molecule has 1 atom stereocenters. The molecule has 0 saturated heterocycles. The molecule has 5 heteroatoms. The van der Waals surface area contributed by atoms with Crippen LogP contribution in [0.3, 0.4) is 0 Å². The highest BCUT2D eigenvalue weighted by Crippen LogP contribution is 2.41. The van der Waals surface area contributed by atoms with E-state index >= 15 is 0 Å². The van der Waals surface area contributed by atoms with Crippen LogP contribution in [0.1, 0.15) is 33.9 Å². The maximum absolute atomic E-state index is 6.07. The minimum Gasteiger partial charge on any atom is -0.496 e. The molecule has 1 N–H and O–H groups in total. The molecular formula is C23H32N2O3. The van der Waals surface area contributed by atoms with Crippen LogP contribution in [-0.4, -0.2) is 52.9 Å². The van der Waals surface area contributed by atoms with Crippen molar-refractivity contribution in [3.63, 3.8) is 0 Å². The molecule has 3 rings (SSSR count). The number of aryl methyl sites for hydroxylation is 2. The van der Waals surface area contributed by atoms with Crippen molar-refractivity contribution in [3.05, 3.63) is 52.1 Å². The molecule has 0 aromatic heterocycles. The summed E-state index contributed by atoms with van der Waals surface area (Å²) >= 11 is 0. The Morgan fingerprint density at radius 1 is 1.00 bits per heavy atom. The van der Waals surface area contributed by atoms with Crippen LogP contribution in [0.2, 0.25) is 0 Å².